The zero-order valence-corrected chi connectivity index (χ0v) is 13.0. The average molecular weight is 314 g/mol. The third kappa shape index (κ3) is 2.31. The first kappa shape index (κ1) is 13.2. The Hall–Kier alpha value is -2.47. The van der Waals surface area contributed by atoms with E-state index in [1.807, 2.05) is 43.5 Å². The van der Waals surface area contributed by atoms with Crippen molar-refractivity contribution in [2.24, 2.45) is 0 Å². The van der Waals surface area contributed by atoms with Crippen LogP contribution in [0, 0.1) is 13.8 Å². The highest BCUT2D eigenvalue weighted by Gasteiger charge is 2.15. The van der Waals surface area contributed by atoms with Crippen molar-refractivity contribution in [1.29, 1.82) is 0 Å². The van der Waals surface area contributed by atoms with Gasteiger partial charge in [-0.15, -0.1) is 11.3 Å². The van der Waals surface area contributed by atoms with Crippen molar-refractivity contribution in [2.45, 2.75) is 13.8 Å². The second-order valence-electron chi connectivity index (χ2n) is 5.06. The number of aromatic nitrogens is 1. The molecule has 1 aliphatic heterocycles. The number of furan rings is 1. The number of rotatable bonds is 3. The Bertz CT molecular complexity index is 838. The number of ether oxygens (including phenoxy) is 2. The van der Waals surface area contributed by atoms with E-state index in [0.29, 0.717) is 0 Å². The summed E-state index contributed by atoms with van der Waals surface area (Å²) >= 11 is 1.55. The number of fused-ring (bicyclic) bond motifs is 1. The SMILES string of the molecule is Cc1cc(-c2csc(Nc3ccc4c(c3)OCO4)n2)c(C)o1. The molecule has 4 rings (SSSR count). The van der Waals surface area contributed by atoms with Crippen LogP contribution >= 0.6 is 11.3 Å². The van der Waals surface area contributed by atoms with Crippen molar-refractivity contribution < 1.29 is 13.9 Å². The summed E-state index contributed by atoms with van der Waals surface area (Å²) in [4.78, 5) is 4.62. The minimum atomic E-state index is 0.277. The van der Waals surface area contributed by atoms with Crippen LogP contribution in [0.5, 0.6) is 11.5 Å². The van der Waals surface area contributed by atoms with E-state index >= 15 is 0 Å². The van der Waals surface area contributed by atoms with Crippen molar-refractivity contribution in [2.75, 3.05) is 12.1 Å². The van der Waals surface area contributed by atoms with Crippen LogP contribution in [0.1, 0.15) is 11.5 Å². The van der Waals surface area contributed by atoms with Crippen molar-refractivity contribution >= 4 is 22.2 Å². The van der Waals surface area contributed by atoms with E-state index in [2.05, 4.69) is 10.3 Å². The van der Waals surface area contributed by atoms with Crippen LogP contribution in [0.3, 0.4) is 0 Å². The molecule has 3 heterocycles. The molecule has 0 amide bonds. The molecule has 0 bridgehead atoms. The van der Waals surface area contributed by atoms with Gasteiger partial charge in [0.15, 0.2) is 16.6 Å². The molecular formula is C16H14N2O3S. The number of thiazole rings is 1. The van der Waals surface area contributed by atoms with Crippen LogP contribution in [0.2, 0.25) is 0 Å². The number of nitrogens with one attached hydrogen (secondary N) is 1. The maximum absolute atomic E-state index is 5.56. The molecule has 0 fully saturated rings. The molecule has 112 valence electrons. The molecule has 22 heavy (non-hydrogen) atoms. The molecule has 5 nitrogen and oxygen atoms in total. The molecule has 0 saturated carbocycles. The predicted molar refractivity (Wildman–Crippen MR) is 85.1 cm³/mol. The lowest BCUT2D eigenvalue weighted by molar-refractivity contribution is 0.174. The molecule has 0 radical (unpaired) electrons. The quantitative estimate of drug-likeness (QED) is 0.772. The van der Waals surface area contributed by atoms with Crippen LogP contribution in [-0.4, -0.2) is 11.8 Å². The number of anilines is 2. The van der Waals surface area contributed by atoms with Crippen LogP contribution in [-0.2, 0) is 0 Å². The highest BCUT2D eigenvalue weighted by Crippen LogP contribution is 2.36. The van der Waals surface area contributed by atoms with Gasteiger partial charge in [-0.1, -0.05) is 0 Å². The number of nitrogens with zero attached hydrogens (tertiary/aromatic N) is 1. The van der Waals surface area contributed by atoms with Gasteiger partial charge in [-0.25, -0.2) is 4.98 Å². The Morgan fingerprint density at radius 2 is 2.00 bits per heavy atom. The normalized spacial score (nSPS) is 12.6. The minimum Gasteiger partial charge on any atom is -0.466 e. The van der Waals surface area contributed by atoms with Crippen LogP contribution in [0.4, 0.5) is 10.8 Å². The number of aryl methyl sites for hydroxylation is 2. The van der Waals surface area contributed by atoms with Gasteiger partial charge < -0.3 is 19.2 Å². The van der Waals surface area contributed by atoms with E-state index in [9.17, 15) is 0 Å². The van der Waals surface area contributed by atoms with E-state index in [0.717, 1.165) is 45.1 Å². The molecule has 0 atom stereocenters. The zero-order chi connectivity index (χ0) is 15.1. The summed E-state index contributed by atoms with van der Waals surface area (Å²) in [7, 11) is 0. The van der Waals surface area contributed by atoms with Crippen LogP contribution in [0.15, 0.2) is 34.1 Å². The summed E-state index contributed by atoms with van der Waals surface area (Å²) in [5.74, 6) is 3.31. The summed E-state index contributed by atoms with van der Waals surface area (Å²) in [6.45, 7) is 4.17. The number of benzene rings is 1. The lowest BCUT2D eigenvalue weighted by atomic mass is 10.2. The topological polar surface area (TPSA) is 56.5 Å². The Balaban J connectivity index is 1.58. The largest absolute Gasteiger partial charge is 0.466 e. The fourth-order valence-corrected chi connectivity index (χ4v) is 3.17. The lowest BCUT2D eigenvalue weighted by Gasteiger charge is -2.03. The molecular weight excluding hydrogens is 300 g/mol. The Morgan fingerprint density at radius 1 is 1.14 bits per heavy atom. The van der Waals surface area contributed by atoms with Gasteiger partial charge in [0.2, 0.25) is 6.79 Å². The zero-order valence-electron chi connectivity index (χ0n) is 12.2. The molecule has 1 aliphatic rings. The molecule has 0 saturated heterocycles. The van der Waals surface area contributed by atoms with Gasteiger partial charge in [0, 0.05) is 22.7 Å². The van der Waals surface area contributed by atoms with E-state index in [4.69, 9.17) is 13.9 Å². The number of hydrogen-bond acceptors (Lipinski definition) is 6. The van der Waals surface area contributed by atoms with Gasteiger partial charge >= 0.3 is 0 Å². The van der Waals surface area contributed by atoms with Crippen molar-refractivity contribution in [3.05, 3.63) is 41.2 Å². The second-order valence-corrected chi connectivity index (χ2v) is 5.92. The molecule has 6 heteroatoms. The molecule has 0 spiro atoms. The Labute approximate surface area is 131 Å². The fraction of sp³-hybridized carbons (Fsp3) is 0.188. The van der Waals surface area contributed by atoms with Crippen molar-refractivity contribution in [1.82, 2.24) is 4.98 Å². The van der Waals surface area contributed by atoms with Gasteiger partial charge in [0.05, 0.1) is 5.69 Å². The van der Waals surface area contributed by atoms with E-state index < -0.39 is 0 Å². The summed E-state index contributed by atoms with van der Waals surface area (Å²) in [5, 5.41) is 6.14. The van der Waals surface area contributed by atoms with E-state index in [1.54, 1.807) is 11.3 Å². The van der Waals surface area contributed by atoms with Gasteiger partial charge in [-0.3, -0.25) is 0 Å². The highest BCUT2D eigenvalue weighted by atomic mass is 32.1. The summed E-state index contributed by atoms with van der Waals surface area (Å²) in [6, 6.07) is 7.76. The average Bonchev–Trinajstić information content (AvgIpc) is 3.18. The summed E-state index contributed by atoms with van der Waals surface area (Å²) < 4.78 is 16.2. The maximum Gasteiger partial charge on any atom is 0.231 e. The van der Waals surface area contributed by atoms with Gasteiger partial charge in [0.25, 0.3) is 0 Å². The van der Waals surface area contributed by atoms with Gasteiger partial charge in [0.1, 0.15) is 11.5 Å². The third-order valence-corrected chi connectivity index (χ3v) is 4.20. The smallest absolute Gasteiger partial charge is 0.231 e. The first-order chi connectivity index (χ1) is 10.7. The predicted octanol–water partition coefficient (Wildman–Crippen LogP) is 4.49. The minimum absolute atomic E-state index is 0.277. The monoisotopic (exact) mass is 314 g/mol. The molecule has 3 aromatic rings. The van der Waals surface area contributed by atoms with E-state index in [1.165, 1.54) is 0 Å². The first-order valence-corrected chi connectivity index (χ1v) is 7.76. The van der Waals surface area contributed by atoms with Gasteiger partial charge in [-0.2, -0.15) is 0 Å². The van der Waals surface area contributed by atoms with Crippen LogP contribution in [0.25, 0.3) is 11.3 Å². The Morgan fingerprint density at radius 3 is 2.82 bits per heavy atom. The Kier molecular flexibility index (Phi) is 3.04. The standard InChI is InChI=1S/C16H14N2O3S/c1-9-5-12(10(2)21-9)13-7-22-16(18-13)17-11-3-4-14-15(6-11)20-8-19-14/h3-7H,8H2,1-2H3,(H,17,18). The van der Waals surface area contributed by atoms with E-state index in [-0.39, 0.29) is 6.79 Å². The lowest BCUT2D eigenvalue weighted by Crippen LogP contribution is -1.93. The van der Waals surface area contributed by atoms with Crippen molar-refractivity contribution in [3.63, 3.8) is 0 Å². The first-order valence-electron chi connectivity index (χ1n) is 6.88. The molecule has 1 aromatic carbocycles. The fourth-order valence-electron chi connectivity index (χ4n) is 2.44. The maximum atomic E-state index is 5.56. The van der Waals surface area contributed by atoms with Crippen LogP contribution < -0.4 is 14.8 Å². The number of hydrogen-bond donors (Lipinski definition) is 1. The second kappa shape index (κ2) is 5.06. The summed E-state index contributed by atoms with van der Waals surface area (Å²) in [6.07, 6.45) is 0. The molecule has 1 N–H and O–H groups in total. The highest BCUT2D eigenvalue weighted by molar-refractivity contribution is 7.14. The molecule has 0 aliphatic carbocycles. The molecule has 2 aromatic heterocycles. The summed E-state index contributed by atoms with van der Waals surface area (Å²) in [5.41, 5.74) is 2.88. The third-order valence-electron chi connectivity index (χ3n) is 3.44. The van der Waals surface area contributed by atoms with Crippen molar-refractivity contribution in [3.8, 4) is 22.8 Å². The molecule has 0 unspecified atom stereocenters. The van der Waals surface area contributed by atoms with Gasteiger partial charge in [-0.05, 0) is 32.0 Å².